The minimum Gasteiger partial charge on any atom is -0.486 e. The van der Waals surface area contributed by atoms with Gasteiger partial charge in [0.1, 0.15) is 11.7 Å². The molecular formula is C16H21BrO2. The first kappa shape index (κ1) is 13.3. The van der Waals surface area contributed by atoms with E-state index in [1.165, 1.54) is 5.56 Å². The van der Waals surface area contributed by atoms with Crippen molar-refractivity contribution in [1.29, 1.82) is 0 Å². The third-order valence-corrected chi connectivity index (χ3v) is 5.94. The highest BCUT2D eigenvalue weighted by atomic mass is 79.9. The number of para-hydroxylation sites is 1. The molecule has 2 aliphatic rings. The zero-order valence-electron chi connectivity index (χ0n) is 12.0. The van der Waals surface area contributed by atoms with Gasteiger partial charge < -0.3 is 9.47 Å². The Morgan fingerprint density at radius 2 is 2.00 bits per heavy atom. The average Bonchev–Trinajstić information content (AvgIpc) is 2.63. The maximum atomic E-state index is 6.22. The van der Waals surface area contributed by atoms with E-state index in [-0.39, 0.29) is 17.1 Å². The topological polar surface area (TPSA) is 18.5 Å². The van der Waals surface area contributed by atoms with Crippen LogP contribution in [0.1, 0.15) is 39.7 Å². The number of rotatable bonds is 2. The number of halogens is 1. The van der Waals surface area contributed by atoms with Gasteiger partial charge in [-0.2, -0.15) is 0 Å². The van der Waals surface area contributed by atoms with E-state index in [1.807, 2.05) is 6.07 Å². The Hall–Kier alpha value is -0.700. The summed E-state index contributed by atoms with van der Waals surface area (Å²) in [4.78, 5) is 0.541. The third kappa shape index (κ3) is 2.16. The lowest BCUT2D eigenvalue weighted by atomic mass is 9.69. The van der Waals surface area contributed by atoms with Gasteiger partial charge in [-0.05, 0) is 26.3 Å². The van der Waals surface area contributed by atoms with E-state index in [0.29, 0.717) is 4.83 Å². The summed E-state index contributed by atoms with van der Waals surface area (Å²) in [5.41, 5.74) is 1.32. The van der Waals surface area contributed by atoms with Crippen LogP contribution in [0.4, 0.5) is 0 Å². The molecule has 104 valence electrons. The van der Waals surface area contributed by atoms with Crippen LogP contribution in [0.2, 0.25) is 0 Å². The molecule has 1 aromatic carbocycles. The van der Waals surface area contributed by atoms with Crippen LogP contribution < -0.4 is 9.47 Å². The second-order valence-electron chi connectivity index (χ2n) is 6.91. The largest absolute Gasteiger partial charge is 0.486 e. The van der Waals surface area contributed by atoms with E-state index in [0.717, 1.165) is 24.3 Å². The lowest BCUT2D eigenvalue weighted by Crippen LogP contribution is -2.53. The van der Waals surface area contributed by atoms with Crippen LogP contribution in [0.15, 0.2) is 18.2 Å². The summed E-state index contributed by atoms with van der Waals surface area (Å²) in [5, 5.41) is 0. The molecule has 3 heteroatoms. The normalized spacial score (nSPS) is 30.2. The van der Waals surface area contributed by atoms with Gasteiger partial charge in [0.15, 0.2) is 11.5 Å². The van der Waals surface area contributed by atoms with Gasteiger partial charge in [-0.1, -0.05) is 41.9 Å². The predicted octanol–water partition coefficient (Wildman–Crippen LogP) is 4.34. The fourth-order valence-corrected chi connectivity index (χ4v) is 3.50. The fourth-order valence-electron chi connectivity index (χ4n) is 2.87. The average molecular weight is 325 g/mol. The highest BCUT2D eigenvalue weighted by molar-refractivity contribution is 9.09. The van der Waals surface area contributed by atoms with E-state index in [1.54, 1.807) is 0 Å². The van der Waals surface area contributed by atoms with Gasteiger partial charge in [0, 0.05) is 22.2 Å². The predicted molar refractivity (Wildman–Crippen MR) is 80.4 cm³/mol. The van der Waals surface area contributed by atoms with E-state index < -0.39 is 0 Å². The zero-order chi connectivity index (χ0) is 13.8. The Kier molecular flexibility index (Phi) is 2.90. The molecular weight excluding hydrogens is 304 g/mol. The van der Waals surface area contributed by atoms with Crippen molar-refractivity contribution < 1.29 is 9.47 Å². The summed E-state index contributed by atoms with van der Waals surface area (Å²) in [6.45, 7) is 8.74. The van der Waals surface area contributed by atoms with Gasteiger partial charge in [-0.15, -0.1) is 0 Å². The van der Waals surface area contributed by atoms with Crippen LogP contribution in [-0.4, -0.2) is 16.5 Å². The van der Waals surface area contributed by atoms with Gasteiger partial charge in [0.2, 0.25) is 0 Å². The molecule has 0 N–H and O–H groups in total. The van der Waals surface area contributed by atoms with Crippen molar-refractivity contribution in [3.63, 3.8) is 0 Å². The Labute approximate surface area is 123 Å². The van der Waals surface area contributed by atoms with E-state index in [9.17, 15) is 0 Å². The van der Waals surface area contributed by atoms with Gasteiger partial charge in [0.25, 0.3) is 0 Å². The molecule has 0 amide bonds. The molecule has 1 aromatic rings. The molecule has 0 radical (unpaired) electrons. The number of benzene rings is 1. The quantitative estimate of drug-likeness (QED) is 0.753. The first-order valence-electron chi connectivity index (χ1n) is 6.91. The van der Waals surface area contributed by atoms with Gasteiger partial charge >= 0.3 is 0 Å². The Morgan fingerprint density at radius 3 is 2.63 bits per heavy atom. The first-order valence-corrected chi connectivity index (χ1v) is 7.83. The molecule has 2 nitrogen and oxygen atoms in total. The van der Waals surface area contributed by atoms with Crippen molar-refractivity contribution in [2.24, 2.45) is 5.41 Å². The summed E-state index contributed by atoms with van der Waals surface area (Å²) in [6.07, 6.45) is 2.27. The second-order valence-corrected chi connectivity index (χ2v) is 8.02. The summed E-state index contributed by atoms with van der Waals surface area (Å²) < 4.78 is 12.3. The fraction of sp³-hybridized carbons (Fsp3) is 0.625. The van der Waals surface area contributed by atoms with E-state index in [4.69, 9.17) is 9.47 Å². The maximum absolute atomic E-state index is 6.22. The molecule has 0 bridgehead atoms. The third-order valence-electron chi connectivity index (χ3n) is 4.38. The number of hydrogen-bond donors (Lipinski definition) is 0. The highest BCUT2D eigenvalue weighted by Gasteiger charge is 2.49. The molecule has 1 saturated carbocycles. The zero-order valence-corrected chi connectivity index (χ0v) is 13.6. The van der Waals surface area contributed by atoms with Crippen molar-refractivity contribution in [1.82, 2.24) is 0 Å². The van der Waals surface area contributed by atoms with Crippen LogP contribution in [0.5, 0.6) is 11.5 Å². The molecule has 1 fully saturated rings. The van der Waals surface area contributed by atoms with Crippen molar-refractivity contribution in [2.75, 3.05) is 0 Å². The number of hydrogen-bond acceptors (Lipinski definition) is 2. The monoisotopic (exact) mass is 324 g/mol. The summed E-state index contributed by atoms with van der Waals surface area (Å²) in [5.74, 6) is 1.85. The van der Waals surface area contributed by atoms with Crippen LogP contribution in [0.3, 0.4) is 0 Å². The Balaban J connectivity index is 1.83. The van der Waals surface area contributed by atoms with Crippen LogP contribution in [0, 0.1) is 5.41 Å². The van der Waals surface area contributed by atoms with Crippen LogP contribution in [-0.2, 0) is 6.42 Å². The molecule has 0 saturated heterocycles. The van der Waals surface area contributed by atoms with Crippen molar-refractivity contribution in [2.45, 2.75) is 57.1 Å². The van der Waals surface area contributed by atoms with E-state index >= 15 is 0 Å². The summed E-state index contributed by atoms with van der Waals surface area (Å²) in [7, 11) is 0. The SMILES string of the molecule is CC1(C)Cc2cccc(OC3CC(Br)C3(C)C)c2O1. The number of ether oxygens (including phenoxy) is 2. The standard InChI is InChI=1S/C16H21BrO2/c1-15(2)9-10-6-5-7-11(14(10)19-15)18-13-8-12(17)16(13,3)4/h5-7,12-13H,8-9H2,1-4H3. The van der Waals surface area contributed by atoms with Gasteiger partial charge in [-0.3, -0.25) is 0 Å². The molecule has 1 aliphatic carbocycles. The second kappa shape index (κ2) is 4.15. The number of fused-ring (bicyclic) bond motifs is 1. The Morgan fingerprint density at radius 1 is 1.26 bits per heavy atom. The molecule has 2 atom stereocenters. The van der Waals surface area contributed by atoms with Crippen molar-refractivity contribution >= 4 is 15.9 Å². The van der Waals surface area contributed by atoms with Crippen LogP contribution >= 0.6 is 15.9 Å². The molecule has 2 unspecified atom stereocenters. The van der Waals surface area contributed by atoms with Crippen molar-refractivity contribution in [3.05, 3.63) is 23.8 Å². The minimum absolute atomic E-state index is 0.116. The maximum Gasteiger partial charge on any atom is 0.165 e. The first-order chi connectivity index (χ1) is 8.79. The Bertz CT molecular complexity index is 507. The lowest BCUT2D eigenvalue weighted by molar-refractivity contribution is -0.0108. The van der Waals surface area contributed by atoms with Gasteiger partial charge in [-0.25, -0.2) is 0 Å². The van der Waals surface area contributed by atoms with Crippen molar-refractivity contribution in [3.8, 4) is 11.5 Å². The molecule has 1 aliphatic heterocycles. The highest BCUT2D eigenvalue weighted by Crippen LogP contribution is 2.50. The molecule has 0 spiro atoms. The molecule has 19 heavy (non-hydrogen) atoms. The van der Waals surface area contributed by atoms with E-state index in [2.05, 4.69) is 55.8 Å². The lowest BCUT2D eigenvalue weighted by Gasteiger charge is -2.48. The van der Waals surface area contributed by atoms with Gasteiger partial charge in [0.05, 0.1) is 0 Å². The minimum atomic E-state index is -0.116. The number of alkyl halides is 1. The summed E-state index contributed by atoms with van der Waals surface area (Å²) in [6, 6.07) is 6.23. The smallest absolute Gasteiger partial charge is 0.165 e. The molecule has 3 rings (SSSR count). The molecule has 0 aromatic heterocycles. The summed E-state index contributed by atoms with van der Waals surface area (Å²) >= 11 is 3.70. The molecule has 1 heterocycles. The van der Waals surface area contributed by atoms with Crippen LogP contribution in [0.25, 0.3) is 0 Å².